The van der Waals surface area contributed by atoms with Crippen molar-refractivity contribution < 1.29 is 16.8 Å². The van der Waals surface area contributed by atoms with Gasteiger partial charge in [-0.3, -0.25) is 0 Å². The molecular formula is C8H18N2O4S2. The van der Waals surface area contributed by atoms with Crippen molar-refractivity contribution in [3.63, 3.8) is 0 Å². The highest BCUT2D eigenvalue weighted by Gasteiger charge is 2.30. The molecule has 1 unspecified atom stereocenters. The molecule has 2 N–H and O–H groups in total. The number of nitrogens with two attached hydrogens (primary N) is 1. The molecule has 1 fully saturated rings. The summed E-state index contributed by atoms with van der Waals surface area (Å²) in [5, 5.41) is 0. The Bertz CT molecular complexity index is 429. The number of hydrogen-bond acceptors (Lipinski definition) is 5. The van der Waals surface area contributed by atoms with E-state index in [4.69, 9.17) is 5.73 Å². The second-order valence-electron chi connectivity index (χ2n) is 4.19. The second kappa shape index (κ2) is 4.99. The third-order valence-corrected chi connectivity index (χ3v) is 5.73. The monoisotopic (exact) mass is 270 g/mol. The van der Waals surface area contributed by atoms with Crippen molar-refractivity contribution in [3.8, 4) is 0 Å². The highest BCUT2D eigenvalue weighted by Crippen LogP contribution is 2.18. The lowest BCUT2D eigenvalue weighted by Gasteiger charge is -2.15. The largest absolute Gasteiger partial charge is 0.330 e. The van der Waals surface area contributed by atoms with Crippen LogP contribution in [0.3, 0.4) is 0 Å². The lowest BCUT2D eigenvalue weighted by atomic mass is 10.1. The maximum Gasteiger partial charge on any atom is 0.215 e. The van der Waals surface area contributed by atoms with Gasteiger partial charge in [-0.1, -0.05) is 0 Å². The smallest absolute Gasteiger partial charge is 0.215 e. The van der Waals surface area contributed by atoms with Crippen molar-refractivity contribution in [2.24, 2.45) is 11.7 Å². The predicted molar refractivity (Wildman–Crippen MR) is 62.2 cm³/mol. The van der Waals surface area contributed by atoms with Crippen molar-refractivity contribution >= 4 is 19.9 Å². The molecule has 1 saturated heterocycles. The molecule has 8 heteroatoms. The second-order valence-corrected chi connectivity index (χ2v) is 8.54. The minimum absolute atomic E-state index is 0.202. The number of nitrogens with zero attached hydrogens (tertiary/aromatic N) is 1. The maximum atomic E-state index is 11.8. The van der Waals surface area contributed by atoms with Gasteiger partial charge in [0, 0.05) is 19.3 Å². The van der Waals surface area contributed by atoms with Crippen LogP contribution < -0.4 is 5.73 Å². The standard InChI is InChI=1S/C8H18N2O4S2/c1-15(11,12)4-5-16(13,14)10-3-2-8(6-9)7-10/h8H,2-7,9H2,1H3. The Morgan fingerprint density at radius 2 is 1.88 bits per heavy atom. The first-order valence-corrected chi connectivity index (χ1v) is 8.77. The summed E-state index contributed by atoms with van der Waals surface area (Å²) in [6.45, 7) is 1.34. The Hall–Kier alpha value is -0.180. The van der Waals surface area contributed by atoms with Gasteiger partial charge in [-0.15, -0.1) is 0 Å². The van der Waals surface area contributed by atoms with E-state index in [0.717, 1.165) is 12.7 Å². The topological polar surface area (TPSA) is 97.5 Å². The van der Waals surface area contributed by atoms with Gasteiger partial charge in [0.25, 0.3) is 0 Å². The van der Waals surface area contributed by atoms with Gasteiger partial charge < -0.3 is 5.73 Å². The van der Waals surface area contributed by atoms with Gasteiger partial charge in [-0.05, 0) is 18.9 Å². The molecule has 1 aliphatic heterocycles. The zero-order valence-electron chi connectivity index (χ0n) is 9.29. The molecule has 1 aliphatic rings. The van der Waals surface area contributed by atoms with Crippen molar-refractivity contribution in [2.75, 3.05) is 37.4 Å². The van der Waals surface area contributed by atoms with E-state index in [0.29, 0.717) is 19.6 Å². The van der Waals surface area contributed by atoms with Gasteiger partial charge in [0.15, 0.2) is 0 Å². The molecule has 96 valence electrons. The van der Waals surface area contributed by atoms with Gasteiger partial charge in [-0.2, -0.15) is 0 Å². The molecule has 0 amide bonds. The van der Waals surface area contributed by atoms with Crippen molar-refractivity contribution in [1.29, 1.82) is 0 Å². The van der Waals surface area contributed by atoms with Crippen LogP contribution >= 0.6 is 0 Å². The van der Waals surface area contributed by atoms with Crippen LogP contribution in [0.1, 0.15) is 6.42 Å². The lowest BCUT2D eigenvalue weighted by molar-refractivity contribution is 0.460. The van der Waals surface area contributed by atoms with Crippen molar-refractivity contribution in [1.82, 2.24) is 4.31 Å². The van der Waals surface area contributed by atoms with E-state index in [-0.39, 0.29) is 17.4 Å². The summed E-state index contributed by atoms with van der Waals surface area (Å²) in [6, 6.07) is 0. The fraction of sp³-hybridized carbons (Fsp3) is 1.00. The zero-order chi connectivity index (χ0) is 12.4. The van der Waals surface area contributed by atoms with Crippen LogP contribution in [0.5, 0.6) is 0 Å². The third-order valence-electron chi connectivity index (χ3n) is 2.69. The van der Waals surface area contributed by atoms with E-state index >= 15 is 0 Å². The van der Waals surface area contributed by atoms with E-state index < -0.39 is 19.9 Å². The maximum absolute atomic E-state index is 11.8. The molecule has 0 aromatic heterocycles. The Labute approximate surface area is 96.8 Å². The molecule has 6 nitrogen and oxygen atoms in total. The first kappa shape index (κ1) is 13.9. The summed E-state index contributed by atoms with van der Waals surface area (Å²) in [5.41, 5.74) is 5.47. The number of sulfone groups is 1. The molecular weight excluding hydrogens is 252 g/mol. The van der Waals surface area contributed by atoms with Gasteiger partial charge in [-0.25, -0.2) is 21.1 Å². The lowest BCUT2D eigenvalue weighted by Crippen LogP contribution is -2.34. The average molecular weight is 270 g/mol. The third kappa shape index (κ3) is 4.00. The molecule has 0 radical (unpaired) electrons. The molecule has 1 atom stereocenters. The average Bonchev–Trinajstić information content (AvgIpc) is 2.62. The Morgan fingerprint density at radius 3 is 2.31 bits per heavy atom. The molecule has 16 heavy (non-hydrogen) atoms. The highest BCUT2D eigenvalue weighted by molar-refractivity contribution is 7.93. The van der Waals surface area contributed by atoms with Gasteiger partial charge >= 0.3 is 0 Å². The minimum Gasteiger partial charge on any atom is -0.330 e. The molecule has 0 saturated carbocycles. The highest BCUT2D eigenvalue weighted by atomic mass is 32.2. The van der Waals surface area contributed by atoms with Gasteiger partial charge in [0.1, 0.15) is 9.84 Å². The van der Waals surface area contributed by atoms with Crippen LogP contribution in [-0.4, -0.2) is 58.5 Å². The summed E-state index contributed by atoms with van der Waals surface area (Å²) in [4.78, 5) is 0. The number of hydrogen-bond donors (Lipinski definition) is 1. The van der Waals surface area contributed by atoms with Crippen LogP contribution in [0.15, 0.2) is 0 Å². The number of rotatable bonds is 5. The molecule has 0 bridgehead atoms. The van der Waals surface area contributed by atoms with E-state index in [2.05, 4.69) is 0 Å². The van der Waals surface area contributed by atoms with E-state index in [1.54, 1.807) is 0 Å². The number of sulfonamides is 1. The summed E-state index contributed by atoms with van der Waals surface area (Å²) in [7, 11) is -6.67. The Morgan fingerprint density at radius 1 is 1.25 bits per heavy atom. The molecule has 1 heterocycles. The summed E-state index contributed by atoms with van der Waals surface area (Å²) in [5.74, 6) is -0.449. The van der Waals surface area contributed by atoms with E-state index in [1.165, 1.54) is 4.31 Å². The first-order chi connectivity index (χ1) is 7.24. The Kier molecular flexibility index (Phi) is 4.33. The quantitative estimate of drug-likeness (QED) is 0.665. The fourth-order valence-corrected chi connectivity index (χ4v) is 4.76. The van der Waals surface area contributed by atoms with Crippen molar-refractivity contribution in [2.45, 2.75) is 6.42 Å². The van der Waals surface area contributed by atoms with Crippen molar-refractivity contribution in [3.05, 3.63) is 0 Å². The van der Waals surface area contributed by atoms with Crippen LogP contribution in [0.25, 0.3) is 0 Å². The SMILES string of the molecule is CS(=O)(=O)CCS(=O)(=O)N1CCC(CN)C1. The minimum atomic E-state index is -3.44. The van der Waals surface area contributed by atoms with E-state index in [9.17, 15) is 16.8 Å². The van der Waals surface area contributed by atoms with Gasteiger partial charge in [0.05, 0.1) is 11.5 Å². The summed E-state index contributed by atoms with van der Waals surface area (Å²) in [6.07, 6.45) is 1.80. The first-order valence-electron chi connectivity index (χ1n) is 5.10. The summed E-state index contributed by atoms with van der Waals surface area (Å²) >= 11 is 0. The Balaban J connectivity index is 2.59. The molecule has 0 aromatic rings. The summed E-state index contributed by atoms with van der Waals surface area (Å²) < 4.78 is 46.7. The molecule has 0 aliphatic carbocycles. The normalized spacial score (nSPS) is 23.8. The zero-order valence-corrected chi connectivity index (χ0v) is 10.9. The van der Waals surface area contributed by atoms with Crippen LogP contribution in [0, 0.1) is 5.92 Å². The van der Waals surface area contributed by atoms with Crippen LogP contribution in [-0.2, 0) is 19.9 Å². The predicted octanol–water partition coefficient (Wildman–Crippen LogP) is -1.36. The van der Waals surface area contributed by atoms with Gasteiger partial charge in [0.2, 0.25) is 10.0 Å². The molecule has 0 aromatic carbocycles. The van der Waals surface area contributed by atoms with E-state index in [1.807, 2.05) is 0 Å². The van der Waals surface area contributed by atoms with Crippen LogP contribution in [0.2, 0.25) is 0 Å². The molecule has 0 spiro atoms. The van der Waals surface area contributed by atoms with Crippen LogP contribution in [0.4, 0.5) is 0 Å². The molecule has 1 rings (SSSR count). The fourth-order valence-electron chi connectivity index (χ4n) is 1.63.